The van der Waals surface area contributed by atoms with Crippen LogP contribution in [0.4, 0.5) is 5.69 Å². The van der Waals surface area contributed by atoms with Crippen LogP contribution >= 0.6 is 11.6 Å². The molecule has 1 N–H and O–H groups in total. The molecule has 26 heavy (non-hydrogen) atoms. The SMILES string of the molecule is CCOc1ccccc1OCC(=O)NN=Cc1ccc(Cl)c([N+](=O)[O-])c1. The first-order chi connectivity index (χ1) is 12.5. The molecule has 0 aliphatic heterocycles. The molecule has 9 heteroatoms. The lowest BCUT2D eigenvalue weighted by Crippen LogP contribution is -2.24. The van der Waals surface area contributed by atoms with Crippen molar-refractivity contribution >= 4 is 29.4 Å². The van der Waals surface area contributed by atoms with Crippen molar-refractivity contribution < 1.29 is 19.2 Å². The van der Waals surface area contributed by atoms with Gasteiger partial charge in [-0.25, -0.2) is 5.43 Å². The minimum atomic E-state index is -0.595. The van der Waals surface area contributed by atoms with Crippen molar-refractivity contribution in [3.05, 3.63) is 63.2 Å². The van der Waals surface area contributed by atoms with Gasteiger partial charge in [0, 0.05) is 11.6 Å². The van der Waals surface area contributed by atoms with Crippen LogP contribution in [0.25, 0.3) is 0 Å². The van der Waals surface area contributed by atoms with E-state index in [2.05, 4.69) is 10.5 Å². The largest absolute Gasteiger partial charge is 0.490 e. The third kappa shape index (κ3) is 5.45. The Morgan fingerprint density at radius 2 is 1.96 bits per heavy atom. The Morgan fingerprint density at radius 1 is 1.27 bits per heavy atom. The number of nitro groups is 1. The van der Waals surface area contributed by atoms with E-state index in [0.29, 0.717) is 23.7 Å². The third-order valence-electron chi connectivity index (χ3n) is 3.08. The van der Waals surface area contributed by atoms with Crippen molar-refractivity contribution in [1.29, 1.82) is 0 Å². The molecule has 0 bridgehead atoms. The third-order valence-corrected chi connectivity index (χ3v) is 3.40. The number of amides is 1. The molecule has 0 saturated carbocycles. The standard InChI is InChI=1S/C17H16ClN3O5/c1-2-25-15-5-3-4-6-16(15)26-11-17(22)20-19-10-12-7-8-13(18)14(9-12)21(23)24/h3-10H,2,11H2,1H3,(H,20,22). The van der Waals surface area contributed by atoms with Crippen LogP contribution in [0.5, 0.6) is 11.5 Å². The van der Waals surface area contributed by atoms with Gasteiger partial charge in [-0.15, -0.1) is 0 Å². The van der Waals surface area contributed by atoms with Gasteiger partial charge in [0.05, 0.1) is 17.7 Å². The summed E-state index contributed by atoms with van der Waals surface area (Å²) >= 11 is 5.73. The average Bonchev–Trinajstić information content (AvgIpc) is 2.62. The number of para-hydroxylation sites is 2. The molecule has 0 aliphatic carbocycles. The second-order valence-corrected chi connectivity index (χ2v) is 5.34. The molecular formula is C17H16ClN3O5. The summed E-state index contributed by atoms with van der Waals surface area (Å²) in [5.74, 6) is 0.498. The van der Waals surface area contributed by atoms with Gasteiger partial charge in [-0.3, -0.25) is 14.9 Å². The van der Waals surface area contributed by atoms with Crippen LogP contribution in [0.15, 0.2) is 47.6 Å². The zero-order valence-electron chi connectivity index (χ0n) is 13.8. The van der Waals surface area contributed by atoms with Gasteiger partial charge >= 0.3 is 0 Å². The normalized spacial score (nSPS) is 10.5. The van der Waals surface area contributed by atoms with Gasteiger partial charge in [0.1, 0.15) is 5.02 Å². The number of nitro benzene ring substituents is 1. The summed E-state index contributed by atoms with van der Waals surface area (Å²) in [4.78, 5) is 22.0. The number of nitrogens with one attached hydrogen (secondary N) is 1. The Labute approximate surface area is 154 Å². The van der Waals surface area contributed by atoms with Crippen molar-refractivity contribution in [2.24, 2.45) is 5.10 Å². The molecular weight excluding hydrogens is 362 g/mol. The first-order valence-electron chi connectivity index (χ1n) is 7.61. The summed E-state index contributed by atoms with van der Waals surface area (Å²) in [6.07, 6.45) is 1.27. The highest BCUT2D eigenvalue weighted by atomic mass is 35.5. The quantitative estimate of drug-likeness (QED) is 0.432. The lowest BCUT2D eigenvalue weighted by Gasteiger charge is -2.10. The van der Waals surface area contributed by atoms with Gasteiger partial charge in [-0.2, -0.15) is 5.10 Å². The molecule has 0 radical (unpaired) electrons. The summed E-state index contributed by atoms with van der Waals surface area (Å²) < 4.78 is 10.8. The van der Waals surface area contributed by atoms with Crippen molar-refractivity contribution in [1.82, 2.24) is 5.43 Å². The van der Waals surface area contributed by atoms with E-state index in [9.17, 15) is 14.9 Å². The lowest BCUT2D eigenvalue weighted by molar-refractivity contribution is -0.384. The minimum absolute atomic E-state index is 0.0255. The van der Waals surface area contributed by atoms with E-state index < -0.39 is 10.8 Å². The number of ether oxygens (including phenoxy) is 2. The predicted octanol–water partition coefficient (Wildman–Crippen LogP) is 3.18. The predicted molar refractivity (Wildman–Crippen MR) is 96.9 cm³/mol. The highest BCUT2D eigenvalue weighted by Gasteiger charge is 2.12. The summed E-state index contributed by atoms with van der Waals surface area (Å²) in [5.41, 5.74) is 2.46. The monoisotopic (exact) mass is 377 g/mol. The Morgan fingerprint density at radius 3 is 2.62 bits per heavy atom. The van der Waals surface area contributed by atoms with E-state index >= 15 is 0 Å². The Hall–Kier alpha value is -3.13. The van der Waals surface area contributed by atoms with E-state index in [0.717, 1.165) is 0 Å². The molecule has 0 saturated heterocycles. The van der Waals surface area contributed by atoms with Gasteiger partial charge in [-0.05, 0) is 25.1 Å². The van der Waals surface area contributed by atoms with E-state index in [1.54, 1.807) is 30.3 Å². The Kier molecular flexibility index (Phi) is 6.92. The number of rotatable bonds is 8. The number of nitrogens with zero attached hydrogens (tertiary/aromatic N) is 2. The van der Waals surface area contributed by atoms with Crippen LogP contribution in [0.2, 0.25) is 5.02 Å². The maximum Gasteiger partial charge on any atom is 0.288 e. The van der Waals surface area contributed by atoms with E-state index in [1.165, 1.54) is 18.3 Å². The number of carbonyl (C=O) groups is 1. The summed E-state index contributed by atoms with van der Waals surface area (Å²) in [6.45, 7) is 2.06. The van der Waals surface area contributed by atoms with Crippen LogP contribution in [0, 0.1) is 10.1 Å². The topological polar surface area (TPSA) is 103 Å². The summed E-state index contributed by atoms with van der Waals surface area (Å²) in [7, 11) is 0. The average molecular weight is 378 g/mol. The minimum Gasteiger partial charge on any atom is -0.490 e. The van der Waals surface area contributed by atoms with Gasteiger partial charge in [0.25, 0.3) is 11.6 Å². The van der Waals surface area contributed by atoms with Crippen LogP contribution in [-0.2, 0) is 4.79 Å². The molecule has 0 heterocycles. The van der Waals surface area contributed by atoms with Crippen molar-refractivity contribution in [2.45, 2.75) is 6.92 Å². The van der Waals surface area contributed by atoms with Crippen LogP contribution < -0.4 is 14.9 Å². The maximum absolute atomic E-state index is 11.8. The molecule has 0 aromatic heterocycles. The molecule has 2 aromatic rings. The molecule has 2 rings (SSSR count). The fourth-order valence-corrected chi connectivity index (χ4v) is 2.13. The fraction of sp³-hybridized carbons (Fsp3) is 0.176. The van der Waals surface area contributed by atoms with Gasteiger partial charge in [-0.1, -0.05) is 29.8 Å². The molecule has 0 fully saturated rings. The first-order valence-corrected chi connectivity index (χ1v) is 7.99. The van der Waals surface area contributed by atoms with Crippen molar-refractivity contribution in [3.63, 3.8) is 0 Å². The molecule has 2 aromatic carbocycles. The first kappa shape index (κ1) is 19.2. The van der Waals surface area contributed by atoms with E-state index in [1.807, 2.05) is 6.92 Å². The van der Waals surface area contributed by atoms with Crippen LogP contribution in [0.3, 0.4) is 0 Å². The van der Waals surface area contributed by atoms with Gasteiger partial charge < -0.3 is 9.47 Å². The number of carbonyl (C=O) groups excluding carboxylic acids is 1. The molecule has 1 amide bonds. The van der Waals surface area contributed by atoms with Crippen LogP contribution in [0.1, 0.15) is 12.5 Å². The van der Waals surface area contributed by atoms with Crippen LogP contribution in [-0.4, -0.2) is 30.3 Å². The molecule has 8 nitrogen and oxygen atoms in total. The van der Waals surface area contributed by atoms with Gasteiger partial charge in [0.15, 0.2) is 18.1 Å². The van der Waals surface area contributed by atoms with E-state index in [4.69, 9.17) is 21.1 Å². The zero-order valence-corrected chi connectivity index (χ0v) is 14.6. The highest BCUT2D eigenvalue weighted by molar-refractivity contribution is 6.32. The summed E-state index contributed by atoms with van der Waals surface area (Å²) in [5, 5.41) is 14.6. The maximum atomic E-state index is 11.8. The van der Waals surface area contributed by atoms with Gasteiger partial charge in [0.2, 0.25) is 0 Å². The molecule has 0 atom stereocenters. The second kappa shape index (κ2) is 9.38. The number of benzene rings is 2. The molecule has 0 spiro atoms. The number of hydrogen-bond donors (Lipinski definition) is 1. The van der Waals surface area contributed by atoms with Crippen molar-refractivity contribution in [2.75, 3.05) is 13.2 Å². The molecule has 0 aliphatic rings. The number of hydrogen-bond acceptors (Lipinski definition) is 6. The number of hydrazone groups is 1. The smallest absolute Gasteiger partial charge is 0.288 e. The second-order valence-electron chi connectivity index (χ2n) is 4.93. The van der Waals surface area contributed by atoms with Crippen molar-refractivity contribution in [3.8, 4) is 11.5 Å². The molecule has 136 valence electrons. The fourth-order valence-electron chi connectivity index (χ4n) is 1.95. The summed E-state index contributed by atoms with van der Waals surface area (Å²) in [6, 6.07) is 11.2. The number of halogens is 1. The Balaban J connectivity index is 1.90. The zero-order chi connectivity index (χ0) is 18.9. The Bertz CT molecular complexity index is 826. The molecule has 0 unspecified atom stereocenters. The van der Waals surface area contributed by atoms with E-state index in [-0.39, 0.29) is 17.3 Å². The highest BCUT2D eigenvalue weighted by Crippen LogP contribution is 2.26. The lowest BCUT2D eigenvalue weighted by atomic mass is 10.2.